The molecule has 20 heavy (non-hydrogen) atoms. The predicted octanol–water partition coefficient (Wildman–Crippen LogP) is 2.52. The van der Waals surface area contributed by atoms with Gasteiger partial charge in [-0.1, -0.05) is 6.07 Å². The largest absolute Gasteiger partial charge is 0.368 e. The normalized spacial score (nSPS) is 25.4. The summed E-state index contributed by atoms with van der Waals surface area (Å²) in [4.78, 5) is 4.75. The second-order valence-corrected chi connectivity index (χ2v) is 6.13. The van der Waals surface area contributed by atoms with Crippen LogP contribution in [0.2, 0.25) is 0 Å². The average Bonchev–Trinajstić information content (AvgIpc) is 3.09. The van der Waals surface area contributed by atoms with Gasteiger partial charge in [-0.3, -0.25) is 4.90 Å². The predicted molar refractivity (Wildman–Crippen MR) is 80.4 cm³/mol. The molecular formula is C16H24FN3. The molecule has 2 atom stereocenters. The Morgan fingerprint density at radius 2 is 2.00 bits per heavy atom. The molecule has 2 aliphatic heterocycles. The number of halogens is 1. The highest BCUT2D eigenvalue weighted by Gasteiger charge is 2.30. The van der Waals surface area contributed by atoms with Crippen LogP contribution >= 0.6 is 0 Å². The van der Waals surface area contributed by atoms with Crippen LogP contribution in [0, 0.1) is 5.82 Å². The lowest BCUT2D eigenvalue weighted by molar-refractivity contribution is 0.260. The molecule has 1 unspecified atom stereocenters. The van der Waals surface area contributed by atoms with Gasteiger partial charge in [-0.2, -0.15) is 0 Å². The van der Waals surface area contributed by atoms with E-state index in [2.05, 4.69) is 9.80 Å². The molecule has 3 nitrogen and oxygen atoms in total. The summed E-state index contributed by atoms with van der Waals surface area (Å²) in [5.74, 6) is -0.137. The Labute approximate surface area is 120 Å². The number of anilines is 1. The first kappa shape index (κ1) is 13.8. The van der Waals surface area contributed by atoms with E-state index in [0.717, 1.165) is 30.8 Å². The zero-order valence-corrected chi connectivity index (χ0v) is 12.2. The molecule has 0 bridgehead atoms. The van der Waals surface area contributed by atoms with E-state index in [1.54, 1.807) is 6.07 Å². The van der Waals surface area contributed by atoms with Crippen LogP contribution in [0.25, 0.3) is 0 Å². The number of hydrogen-bond donors (Lipinski definition) is 1. The van der Waals surface area contributed by atoms with Crippen molar-refractivity contribution in [2.45, 2.75) is 38.3 Å². The summed E-state index contributed by atoms with van der Waals surface area (Å²) >= 11 is 0. The van der Waals surface area contributed by atoms with E-state index in [1.807, 2.05) is 19.1 Å². The molecule has 1 aromatic carbocycles. The second-order valence-electron chi connectivity index (χ2n) is 6.13. The lowest BCUT2D eigenvalue weighted by Crippen LogP contribution is -2.35. The van der Waals surface area contributed by atoms with Crippen molar-refractivity contribution in [2.24, 2.45) is 5.73 Å². The van der Waals surface area contributed by atoms with Crippen LogP contribution in [-0.2, 0) is 0 Å². The van der Waals surface area contributed by atoms with Crippen LogP contribution in [0.4, 0.5) is 10.1 Å². The molecule has 4 heteroatoms. The Kier molecular flexibility index (Phi) is 3.94. The molecule has 2 aliphatic rings. The molecule has 0 spiro atoms. The lowest BCUT2D eigenvalue weighted by atomic mass is 10.1. The van der Waals surface area contributed by atoms with Crippen LogP contribution in [0.5, 0.6) is 0 Å². The number of nitrogens with two attached hydrogens (primary N) is 1. The van der Waals surface area contributed by atoms with Crippen LogP contribution in [0.15, 0.2) is 18.2 Å². The van der Waals surface area contributed by atoms with Gasteiger partial charge in [0, 0.05) is 25.2 Å². The van der Waals surface area contributed by atoms with E-state index in [-0.39, 0.29) is 11.9 Å². The molecule has 1 aromatic rings. The van der Waals surface area contributed by atoms with Crippen LogP contribution in [-0.4, -0.2) is 37.1 Å². The number of rotatable bonds is 3. The molecule has 110 valence electrons. The third-order valence-electron chi connectivity index (χ3n) is 4.66. The molecule has 0 radical (unpaired) electrons. The third-order valence-corrected chi connectivity index (χ3v) is 4.66. The molecule has 0 saturated carbocycles. The van der Waals surface area contributed by atoms with Crippen molar-refractivity contribution in [3.8, 4) is 0 Å². The first-order valence-electron chi connectivity index (χ1n) is 7.69. The van der Waals surface area contributed by atoms with Gasteiger partial charge >= 0.3 is 0 Å². The van der Waals surface area contributed by atoms with Crippen molar-refractivity contribution in [1.29, 1.82) is 0 Å². The van der Waals surface area contributed by atoms with Crippen LogP contribution < -0.4 is 10.6 Å². The van der Waals surface area contributed by atoms with Crippen molar-refractivity contribution in [1.82, 2.24) is 4.90 Å². The Morgan fingerprint density at radius 1 is 1.25 bits per heavy atom. The molecule has 2 saturated heterocycles. The van der Waals surface area contributed by atoms with Crippen molar-refractivity contribution in [3.05, 3.63) is 29.6 Å². The van der Waals surface area contributed by atoms with E-state index in [1.165, 1.54) is 25.9 Å². The summed E-state index contributed by atoms with van der Waals surface area (Å²) < 4.78 is 14.3. The monoisotopic (exact) mass is 277 g/mol. The number of hydrogen-bond acceptors (Lipinski definition) is 3. The molecular weight excluding hydrogens is 253 g/mol. The van der Waals surface area contributed by atoms with Gasteiger partial charge in [0.2, 0.25) is 0 Å². The minimum Gasteiger partial charge on any atom is -0.368 e. The lowest BCUT2D eigenvalue weighted by Gasteiger charge is -2.25. The van der Waals surface area contributed by atoms with Crippen LogP contribution in [0.3, 0.4) is 0 Å². The van der Waals surface area contributed by atoms with Gasteiger partial charge in [-0.15, -0.1) is 0 Å². The summed E-state index contributed by atoms with van der Waals surface area (Å²) in [6.45, 7) is 6.22. The fourth-order valence-corrected chi connectivity index (χ4v) is 3.43. The summed E-state index contributed by atoms with van der Waals surface area (Å²) in [6, 6.07) is 5.91. The van der Waals surface area contributed by atoms with E-state index >= 15 is 0 Å². The highest BCUT2D eigenvalue weighted by atomic mass is 19.1. The molecule has 0 amide bonds. The highest BCUT2D eigenvalue weighted by molar-refractivity contribution is 5.50. The quantitative estimate of drug-likeness (QED) is 0.921. The zero-order valence-electron chi connectivity index (χ0n) is 12.2. The topological polar surface area (TPSA) is 32.5 Å². The fourth-order valence-electron chi connectivity index (χ4n) is 3.43. The van der Waals surface area contributed by atoms with E-state index in [4.69, 9.17) is 5.73 Å². The molecule has 2 N–H and O–H groups in total. The summed E-state index contributed by atoms with van der Waals surface area (Å²) in [5, 5.41) is 0. The maximum Gasteiger partial charge on any atom is 0.146 e. The minimum absolute atomic E-state index is 0.116. The van der Waals surface area contributed by atoms with Crippen molar-refractivity contribution < 1.29 is 4.39 Å². The molecule has 2 fully saturated rings. The van der Waals surface area contributed by atoms with Crippen molar-refractivity contribution in [2.75, 3.05) is 31.1 Å². The zero-order chi connectivity index (χ0) is 14.1. The summed E-state index contributed by atoms with van der Waals surface area (Å²) in [7, 11) is 0. The van der Waals surface area contributed by atoms with Gasteiger partial charge in [-0.25, -0.2) is 4.39 Å². The number of nitrogens with zero attached hydrogens (tertiary/aromatic N) is 2. The first-order chi connectivity index (χ1) is 9.65. The smallest absolute Gasteiger partial charge is 0.146 e. The SMILES string of the molecule is C[C@@H](N)c1ccc(N2CCC(N3CCCC3)C2)c(F)c1. The first-order valence-corrected chi connectivity index (χ1v) is 7.69. The molecule has 2 heterocycles. The van der Waals surface area contributed by atoms with E-state index in [0.29, 0.717) is 6.04 Å². The molecule has 0 aliphatic carbocycles. The summed E-state index contributed by atoms with van der Waals surface area (Å²) in [6.07, 6.45) is 3.77. The third kappa shape index (κ3) is 2.67. The maximum atomic E-state index is 14.3. The Hall–Kier alpha value is -1.13. The Bertz CT molecular complexity index is 469. The van der Waals surface area contributed by atoms with Crippen molar-refractivity contribution >= 4 is 5.69 Å². The van der Waals surface area contributed by atoms with Gasteiger partial charge in [0.15, 0.2) is 0 Å². The van der Waals surface area contributed by atoms with E-state index in [9.17, 15) is 4.39 Å². The van der Waals surface area contributed by atoms with Gasteiger partial charge in [-0.05, 0) is 57.0 Å². The van der Waals surface area contributed by atoms with E-state index < -0.39 is 0 Å². The minimum atomic E-state index is -0.137. The number of likely N-dealkylation sites (tertiary alicyclic amines) is 1. The fraction of sp³-hybridized carbons (Fsp3) is 0.625. The Balaban J connectivity index is 1.71. The summed E-state index contributed by atoms with van der Waals surface area (Å²) in [5.41, 5.74) is 7.40. The van der Waals surface area contributed by atoms with Gasteiger partial charge in [0.25, 0.3) is 0 Å². The second kappa shape index (κ2) is 5.70. The number of benzene rings is 1. The molecule has 3 rings (SSSR count). The standard InChI is InChI=1S/C16H24FN3/c1-12(18)13-4-5-16(15(17)10-13)20-9-6-14(11-20)19-7-2-3-8-19/h4-5,10,12,14H,2-3,6-9,11,18H2,1H3/t12-,14?/m1/s1. The maximum absolute atomic E-state index is 14.3. The van der Waals surface area contributed by atoms with Gasteiger partial charge in [0.1, 0.15) is 5.82 Å². The highest BCUT2D eigenvalue weighted by Crippen LogP contribution is 2.28. The Morgan fingerprint density at radius 3 is 2.65 bits per heavy atom. The molecule has 0 aromatic heterocycles. The average molecular weight is 277 g/mol. The van der Waals surface area contributed by atoms with Gasteiger partial charge in [0.05, 0.1) is 5.69 Å². The van der Waals surface area contributed by atoms with Crippen molar-refractivity contribution in [3.63, 3.8) is 0 Å². The van der Waals surface area contributed by atoms with Crippen LogP contribution in [0.1, 0.15) is 37.8 Å². The van der Waals surface area contributed by atoms with Gasteiger partial charge < -0.3 is 10.6 Å².